The molecule has 0 aliphatic heterocycles. The molecule has 0 rings (SSSR count). The van der Waals surface area contributed by atoms with E-state index in [1.165, 1.54) is 128 Å². The van der Waals surface area contributed by atoms with Gasteiger partial charge in [0.05, 0.1) is 0 Å². The highest BCUT2D eigenvalue weighted by Gasteiger charge is 2.19. The summed E-state index contributed by atoms with van der Waals surface area (Å²) in [7, 11) is 0. The highest BCUT2D eigenvalue weighted by molar-refractivity contribution is 5.71. The van der Waals surface area contributed by atoms with Crippen molar-refractivity contribution in [2.45, 2.75) is 316 Å². The molecule has 82 heavy (non-hydrogen) atoms. The van der Waals surface area contributed by atoms with Gasteiger partial charge in [-0.3, -0.25) is 14.4 Å². The van der Waals surface area contributed by atoms with Crippen molar-refractivity contribution >= 4 is 17.9 Å². The van der Waals surface area contributed by atoms with Crippen molar-refractivity contribution in [1.82, 2.24) is 0 Å². The van der Waals surface area contributed by atoms with Crippen molar-refractivity contribution < 1.29 is 28.6 Å². The molecule has 0 bridgehead atoms. The van der Waals surface area contributed by atoms with Crippen molar-refractivity contribution in [2.24, 2.45) is 0 Å². The molecular formula is C76H126O6. The van der Waals surface area contributed by atoms with Crippen molar-refractivity contribution in [2.75, 3.05) is 13.2 Å². The maximum Gasteiger partial charge on any atom is 0.306 e. The Bertz CT molecular complexity index is 1730. The third-order valence-electron chi connectivity index (χ3n) is 14.3. The molecule has 1 atom stereocenters. The van der Waals surface area contributed by atoms with Gasteiger partial charge in [0.1, 0.15) is 13.2 Å². The molecule has 0 aromatic heterocycles. The van der Waals surface area contributed by atoms with Crippen LogP contribution in [0.5, 0.6) is 0 Å². The summed E-state index contributed by atoms with van der Waals surface area (Å²) >= 11 is 0. The molecule has 0 aromatic carbocycles. The number of allylic oxidation sites excluding steroid dienone is 22. The summed E-state index contributed by atoms with van der Waals surface area (Å²) in [5, 5.41) is 0. The van der Waals surface area contributed by atoms with Crippen LogP contribution >= 0.6 is 0 Å². The fraction of sp³-hybridized carbons (Fsp3) is 0.671. The topological polar surface area (TPSA) is 78.9 Å². The Hall–Kier alpha value is -4.45. The van der Waals surface area contributed by atoms with E-state index in [-0.39, 0.29) is 31.1 Å². The van der Waals surface area contributed by atoms with Gasteiger partial charge in [-0.1, -0.05) is 289 Å². The molecule has 0 spiro atoms. The number of carbonyl (C=O) groups is 3. The number of carbonyl (C=O) groups excluding carboxylic acids is 3. The lowest BCUT2D eigenvalue weighted by atomic mass is 10.1. The van der Waals surface area contributed by atoms with E-state index in [4.69, 9.17) is 14.2 Å². The minimum absolute atomic E-state index is 0.0885. The molecule has 0 heterocycles. The summed E-state index contributed by atoms with van der Waals surface area (Å²) in [5.74, 6) is -0.907. The second-order valence-corrected chi connectivity index (χ2v) is 22.3. The fourth-order valence-corrected chi connectivity index (χ4v) is 9.26. The highest BCUT2D eigenvalue weighted by Crippen LogP contribution is 2.16. The SMILES string of the molecule is CC/C=C\C/C=C\C/C=C\C/C=C\C/C=C\C/C=C\C/C=C\C/C=C\CCCCCCCCCCC(=O)OCC(COC(=O)CCCCCCC/C=C\CCC)OC(=O)CCCCCCCCCCC/C=C\C/C=C\CCCCCCC. The van der Waals surface area contributed by atoms with Crippen molar-refractivity contribution in [3.05, 3.63) is 134 Å². The minimum atomic E-state index is -0.791. The van der Waals surface area contributed by atoms with Crippen molar-refractivity contribution in [1.29, 1.82) is 0 Å². The highest BCUT2D eigenvalue weighted by atomic mass is 16.6. The van der Waals surface area contributed by atoms with Gasteiger partial charge in [0, 0.05) is 19.3 Å². The summed E-state index contributed by atoms with van der Waals surface area (Å²) in [6.45, 7) is 6.45. The largest absolute Gasteiger partial charge is 0.462 e. The van der Waals surface area contributed by atoms with Gasteiger partial charge in [0.2, 0.25) is 0 Å². The predicted molar refractivity (Wildman–Crippen MR) is 357 cm³/mol. The van der Waals surface area contributed by atoms with E-state index in [9.17, 15) is 14.4 Å². The molecule has 0 aliphatic carbocycles. The summed E-state index contributed by atoms with van der Waals surface area (Å²) in [4.78, 5) is 38.3. The number of rotatable bonds is 61. The van der Waals surface area contributed by atoms with Crippen LogP contribution < -0.4 is 0 Å². The second-order valence-electron chi connectivity index (χ2n) is 22.3. The average Bonchev–Trinajstić information content (AvgIpc) is 3.48. The number of hydrogen-bond donors (Lipinski definition) is 0. The second kappa shape index (κ2) is 69.0. The Balaban J connectivity index is 4.25. The van der Waals surface area contributed by atoms with E-state index in [1.807, 2.05) is 0 Å². The molecule has 466 valence electrons. The molecule has 6 nitrogen and oxygen atoms in total. The van der Waals surface area contributed by atoms with E-state index in [1.54, 1.807) is 0 Å². The number of hydrogen-bond acceptors (Lipinski definition) is 6. The quantitative estimate of drug-likeness (QED) is 0.0261. The molecule has 0 N–H and O–H groups in total. The van der Waals surface area contributed by atoms with Crippen LogP contribution in [0.15, 0.2) is 134 Å². The Morgan fingerprint density at radius 3 is 0.805 bits per heavy atom. The fourth-order valence-electron chi connectivity index (χ4n) is 9.26. The smallest absolute Gasteiger partial charge is 0.306 e. The molecule has 0 fully saturated rings. The molecule has 6 heteroatoms. The van der Waals surface area contributed by atoms with E-state index in [0.717, 1.165) is 141 Å². The van der Waals surface area contributed by atoms with E-state index < -0.39 is 6.10 Å². The number of ether oxygens (including phenoxy) is 3. The van der Waals surface area contributed by atoms with Gasteiger partial charge in [-0.2, -0.15) is 0 Å². The summed E-state index contributed by atoms with van der Waals surface area (Å²) in [5.41, 5.74) is 0. The molecule has 0 saturated carbocycles. The Kier molecular flexibility index (Phi) is 65.3. The van der Waals surface area contributed by atoms with E-state index in [0.29, 0.717) is 19.3 Å². The Morgan fingerprint density at radius 2 is 0.500 bits per heavy atom. The normalized spacial score (nSPS) is 13.0. The van der Waals surface area contributed by atoms with Crippen LogP contribution in [0.25, 0.3) is 0 Å². The minimum Gasteiger partial charge on any atom is -0.462 e. The zero-order valence-electron chi connectivity index (χ0n) is 53.5. The summed E-state index contributed by atoms with van der Waals surface area (Å²) in [6.07, 6.45) is 97.6. The Morgan fingerprint density at radius 1 is 0.256 bits per heavy atom. The average molecular weight is 1140 g/mol. The molecular weight excluding hydrogens is 1010 g/mol. The molecule has 0 amide bonds. The van der Waals surface area contributed by atoms with Gasteiger partial charge >= 0.3 is 17.9 Å². The summed E-state index contributed by atoms with van der Waals surface area (Å²) < 4.78 is 16.9. The lowest BCUT2D eigenvalue weighted by molar-refractivity contribution is -0.167. The number of unbranched alkanes of at least 4 members (excludes halogenated alkanes) is 28. The first-order chi connectivity index (χ1) is 40.5. The van der Waals surface area contributed by atoms with Crippen LogP contribution in [-0.4, -0.2) is 37.2 Å². The van der Waals surface area contributed by atoms with Gasteiger partial charge < -0.3 is 14.2 Å². The lowest BCUT2D eigenvalue weighted by Gasteiger charge is -2.18. The monoisotopic (exact) mass is 1130 g/mol. The molecule has 0 radical (unpaired) electrons. The zero-order valence-corrected chi connectivity index (χ0v) is 53.5. The number of esters is 3. The first kappa shape index (κ1) is 77.5. The van der Waals surface area contributed by atoms with Crippen LogP contribution in [0.4, 0.5) is 0 Å². The van der Waals surface area contributed by atoms with Crippen LogP contribution in [0, 0.1) is 0 Å². The maximum absolute atomic E-state index is 12.9. The first-order valence-electron chi connectivity index (χ1n) is 34.2. The predicted octanol–water partition coefficient (Wildman–Crippen LogP) is 23.7. The van der Waals surface area contributed by atoms with Gasteiger partial charge in [0.15, 0.2) is 6.10 Å². The third-order valence-corrected chi connectivity index (χ3v) is 14.3. The van der Waals surface area contributed by atoms with E-state index >= 15 is 0 Å². The van der Waals surface area contributed by atoms with Gasteiger partial charge in [0.25, 0.3) is 0 Å². The lowest BCUT2D eigenvalue weighted by Crippen LogP contribution is -2.30. The van der Waals surface area contributed by atoms with Gasteiger partial charge in [-0.25, -0.2) is 0 Å². The van der Waals surface area contributed by atoms with Crippen molar-refractivity contribution in [3.8, 4) is 0 Å². The molecule has 1 unspecified atom stereocenters. The van der Waals surface area contributed by atoms with Crippen LogP contribution in [0.3, 0.4) is 0 Å². The molecule has 0 saturated heterocycles. The maximum atomic E-state index is 12.9. The summed E-state index contributed by atoms with van der Waals surface area (Å²) in [6, 6.07) is 0. The van der Waals surface area contributed by atoms with Crippen molar-refractivity contribution in [3.63, 3.8) is 0 Å². The Labute approximate surface area is 506 Å². The van der Waals surface area contributed by atoms with Crippen LogP contribution in [0.2, 0.25) is 0 Å². The standard InChI is InChI=1S/C76H126O6/c1-4-7-10-13-16-19-22-24-26-28-30-32-33-34-35-36-37-38-39-40-41-42-43-45-46-48-50-52-54-57-60-63-66-69-75(78)81-72-73(71-80-74(77)68-65-62-59-56-21-18-15-12-9-6-3)82-76(79)70-67-64-61-58-55-53-51-49-47-44-31-29-27-25-23-20-17-14-11-8-5-2/h7,10,12,15-16,19,23-26,29-32,34-35,37-38,40-41,43,45,73H,4-6,8-9,11,13-14,17-18,20-22,27-28,33,36,39,42,44,46-72H2,1-3H3/b10-7-,15-12-,19-16-,25-23-,26-24-,31-29-,32-30-,35-34-,38-37-,41-40-,45-43-. The first-order valence-corrected chi connectivity index (χ1v) is 34.2. The molecule has 0 aromatic rings. The third kappa shape index (κ3) is 66.4. The van der Waals surface area contributed by atoms with Crippen LogP contribution in [-0.2, 0) is 28.6 Å². The van der Waals surface area contributed by atoms with Gasteiger partial charge in [-0.15, -0.1) is 0 Å². The molecule has 0 aliphatic rings. The zero-order chi connectivity index (χ0) is 59.2. The van der Waals surface area contributed by atoms with Crippen LogP contribution in [0.1, 0.15) is 310 Å². The van der Waals surface area contributed by atoms with Gasteiger partial charge in [-0.05, 0) is 135 Å². The van der Waals surface area contributed by atoms with E-state index in [2.05, 4.69) is 154 Å².